The van der Waals surface area contributed by atoms with Gasteiger partial charge in [-0.2, -0.15) is 5.26 Å². The number of rotatable bonds is 1. The normalized spacial score (nSPS) is 25.0. The van der Waals surface area contributed by atoms with Gasteiger partial charge in [0.05, 0.1) is 13.4 Å². The lowest BCUT2D eigenvalue weighted by Crippen LogP contribution is -2.23. The molecule has 1 aromatic carbocycles. The lowest BCUT2D eigenvalue weighted by molar-refractivity contribution is -0.182. The minimum absolute atomic E-state index is 0.0647. The first-order valence-electron chi connectivity index (χ1n) is 4.92. The van der Waals surface area contributed by atoms with Gasteiger partial charge in [-0.15, -0.1) is 12.6 Å². The number of benzene rings is 1. The highest BCUT2D eigenvalue weighted by molar-refractivity contribution is 7.80. The Morgan fingerprint density at radius 2 is 2.06 bits per heavy atom. The van der Waals surface area contributed by atoms with Crippen LogP contribution in [0.4, 0.5) is 0 Å². The van der Waals surface area contributed by atoms with E-state index in [1.165, 1.54) is 0 Å². The maximum atomic E-state index is 8.78. The van der Waals surface area contributed by atoms with Gasteiger partial charge in [0.2, 0.25) is 0 Å². The minimum atomic E-state index is -0.404. The molecule has 1 heterocycles. The van der Waals surface area contributed by atoms with E-state index in [9.17, 15) is 0 Å². The third-order valence-corrected chi connectivity index (χ3v) is 2.71. The summed E-state index contributed by atoms with van der Waals surface area (Å²) >= 11 is 4.23. The van der Waals surface area contributed by atoms with Gasteiger partial charge in [0.1, 0.15) is 6.07 Å². The van der Waals surface area contributed by atoms with Crippen molar-refractivity contribution in [2.24, 2.45) is 0 Å². The smallest absolute Gasteiger partial charge is 0.183 e. The maximum absolute atomic E-state index is 8.78. The van der Waals surface area contributed by atoms with E-state index in [4.69, 9.17) is 22.6 Å². The zero-order valence-corrected chi connectivity index (χ0v) is 9.48. The fourth-order valence-corrected chi connectivity index (χ4v) is 1.77. The van der Waals surface area contributed by atoms with Gasteiger partial charge in [0, 0.05) is 23.7 Å². The van der Waals surface area contributed by atoms with E-state index in [2.05, 4.69) is 18.7 Å². The van der Waals surface area contributed by atoms with Gasteiger partial charge in [0.15, 0.2) is 6.29 Å². The molecular weight excluding hydrogens is 221 g/mol. The third-order valence-electron chi connectivity index (χ3n) is 2.34. The topological polar surface area (TPSA) is 42.2 Å². The predicted molar refractivity (Wildman–Crippen MR) is 62.6 cm³/mol. The summed E-state index contributed by atoms with van der Waals surface area (Å²) in [5, 5.41) is 8.78. The van der Waals surface area contributed by atoms with Crippen molar-refractivity contribution < 1.29 is 9.47 Å². The Hall–Kier alpha value is -0.955. The minimum Gasteiger partial charge on any atom is -0.349 e. The molecule has 1 aliphatic rings. The van der Waals surface area contributed by atoms with Crippen LogP contribution >= 0.6 is 12.6 Å². The molecular formula is C11H10BNO2S. The molecule has 0 spiro atoms. The first kappa shape index (κ1) is 11.5. The van der Waals surface area contributed by atoms with Crippen LogP contribution in [0, 0.1) is 11.3 Å². The average molecular weight is 231 g/mol. The van der Waals surface area contributed by atoms with Crippen LogP contribution in [0.15, 0.2) is 23.1 Å². The molecule has 1 fully saturated rings. The molecule has 16 heavy (non-hydrogen) atoms. The van der Waals surface area contributed by atoms with Gasteiger partial charge in [-0.3, -0.25) is 0 Å². The second kappa shape index (κ2) is 4.92. The van der Waals surface area contributed by atoms with Gasteiger partial charge in [-0.05, 0) is 17.9 Å². The van der Waals surface area contributed by atoms with E-state index in [1.54, 1.807) is 18.2 Å². The van der Waals surface area contributed by atoms with Crippen LogP contribution < -0.4 is 0 Å². The molecule has 1 saturated heterocycles. The largest absolute Gasteiger partial charge is 0.349 e. The molecule has 2 radical (unpaired) electrons. The Balaban J connectivity index is 2.16. The molecule has 0 aromatic heterocycles. The lowest BCUT2D eigenvalue weighted by atomic mass is 9.89. The Bertz CT molecular complexity index is 424. The van der Waals surface area contributed by atoms with Crippen LogP contribution in [-0.2, 0) is 9.47 Å². The molecule has 0 aliphatic carbocycles. The van der Waals surface area contributed by atoms with Gasteiger partial charge in [0.25, 0.3) is 0 Å². The van der Waals surface area contributed by atoms with Crippen molar-refractivity contribution in [2.75, 3.05) is 13.2 Å². The molecule has 0 N–H and O–H groups in total. The quantitative estimate of drug-likeness (QED) is 0.592. The zero-order chi connectivity index (χ0) is 11.5. The maximum Gasteiger partial charge on any atom is 0.183 e. The molecule has 2 rings (SSSR count). The number of hydrogen-bond acceptors (Lipinski definition) is 4. The zero-order valence-electron chi connectivity index (χ0n) is 8.59. The van der Waals surface area contributed by atoms with Crippen LogP contribution in [0.25, 0.3) is 0 Å². The highest BCUT2D eigenvalue weighted by atomic mass is 32.1. The third kappa shape index (κ3) is 2.41. The summed E-state index contributed by atoms with van der Waals surface area (Å²) in [5.41, 5.74) is 1.40. The van der Waals surface area contributed by atoms with Crippen molar-refractivity contribution >= 4 is 20.5 Å². The van der Waals surface area contributed by atoms with Crippen molar-refractivity contribution in [2.45, 2.75) is 17.0 Å². The van der Waals surface area contributed by atoms with Crippen molar-refractivity contribution in [3.63, 3.8) is 0 Å². The Labute approximate surface area is 101 Å². The lowest BCUT2D eigenvalue weighted by Gasteiger charge is -2.28. The summed E-state index contributed by atoms with van der Waals surface area (Å²) in [7, 11) is 5.64. The molecule has 5 heteroatoms. The van der Waals surface area contributed by atoms with E-state index < -0.39 is 6.29 Å². The summed E-state index contributed by atoms with van der Waals surface area (Å²) in [5.74, 6) is -0.0647. The van der Waals surface area contributed by atoms with Gasteiger partial charge in [-0.25, -0.2) is 0 Å². The first-order chi connectivity index (χ1) is 7.70. The monoisotopic (exact) mass is 231 g/mol. The summed E-state index contributed by atoms with van der Waals surface area (Å²) < 4.78 is 10.9. The van der Waals surface area contributed by atoms with Crippen molar-refractivity contribution in [1.82, 2.24) is 0 Å². The van der Waals surface area contributed by atoms with Crippen LogP contribution in [0.1, 0.15) is 17.4 Å². The van der Waals surface area contributed by atoms with E-state index in [1.807, 2.05) is 0 Å². The molecule has 0 unspecified atom stereocenters. The van der Waals surface area contributed by atoms with Crippen LogP contribution in [0.5, 0.6) is 0 Å². The highest BCUT2D eigenvalue weighted by Crippen LogP contribution is 2.28. The Morgan fingerprint density at radius 3 is 2.62 bits per heavy atom. The highest BCUT2D eigenvalue weighted by Gasteiger charge is 2.20. The molecule has 80 valence electrons. The van der Waals surface area contributed by atoms with E-state index in [-0.39, 0.29) is 5.82 Å². The van der Waals surface area contributed by atoms with Crippen LogP contribution in [-0.4, -0.2) is 21.1 Å². The van der Waals surface area contributed by atoms with E-state index in [0.29, 0.717) is 23.7 Å². The number of thiol groups is 1. The summed E-state index contributed by atoms with van der Waals surface area (Å²) in [6.45, 7) is 0.957. The summed E-state index contributed by atoms with van der Waals surface area (Å²) in [6.07, 6.45) is -0.404. The second-order valence-corrected chi connectivity index (χ2v) is 4.13. The number of ether oxygens (including phenoxy) is 2. The van der Waals surface area contributed by atoms with Crippen LogP contribution in [0.2, 0.25) is 5.82 Å². The molecule has 0 saturated carbocycles. The average Bonchev–Trinajstić information content (AvgIpc) is 2.30. The second-order valence-electron chi connectivity index (χ2n) is 3.65. The SMILES string of the molecule is [B]C1COC(c2ccc(C#N)c(S)c2)OC1. The molecule has 3 nitrogen and oxygen atoms in total. The first-order valence-corrected chi connectivity index (χ1v) is 5.37. The fraction of sp³-hybridized carbons (Fsp3) is 0.364. The van der Waals surface area contributed by atoms with E-state index in [0.717, 1.165) is 5.56 Å². The fourth-order valence-electron chi connectivity index (χ4n) is 1.50. The number of nitrogens with zero attached hydrogens (tertiary/aromatic N) is 1. The summed E-state index contributed by atoms with van der Waals surface area (Å²) in [6, 6.07) is 7.35. The van der Waals surface area contributed by atoms with Crippen molar-refractivity contribution in [1.29, 1.82) is 5.26 Å². The van der Waals surface area contributed by atoms with Crippen molar-refractivity contribution in [3.8, 4) is 6.07 Å². The molecule has 0 atom stereocenters. The Kier molecular flexibility index (Phi) is 3.54. The Morgan fingerprint density at radius 1 is 1.38 bits per heavy atom. The van der Waals surface area contributed by atoms with Gasteiger partial charge < -0.3 is 9.47 Å². The van der Waals surface area contributed by atoms with E-state index >= 15 is 0 Å². The molecule has 1 aromatic rings. The number of nitriles is 1. The predicted octanol–water partition coefficient (Wildman–Crippen LogP) is 1.85. The van der Waals surface area contributed by atoms with Gasteiger partial charge in [-0.1, -0.05) is 6.07 Å². The molecule has 0 bridgehead atoms. The standard InChI is InChI=1S/C11H10BNO2S/c12-9-5-14-11(15-6-9)7-1-2-8(4-13)10(16)3-7/h1-3,9,11,16H,5-6H2. The summed E-state index contributed by atoms with van der Waals surface area (Å²) in [4.78, 5) is 0.627. The molecule has 1 aliphatic heterocycles. The van der Waals surface area contributed by atoms with Crippen molar-refractivity contribution in [3.05, 3.63) is 29.3 Å². The number of hydrogen-bond donors (Lipinski definition) is 1. The molecule has 0 amide bonds. The van der Waals surface area contributed by atoms with Crippen LogP contribution in [0.3, 0.4) is 0 Å². The van der Waals surface area contributed by atoms with Gasteiger partial charge >= 0.3 is 0 Å².